The fourth-order valence-corrected chi connectivity index (χ4v) is 3.90. The van der Waals surface area contributed by atoms with Crippen molar-refractivity contribution >= 4 is 16.7 Å². The van der Waals surface area contributed by atoms with Crippen molar-refractivity contribution in [3.63, 3.8) is 0 Å². The fourth-order valence-electron chi connectivity index (χ4n) is 3.90. The summed E-state index contributed by atoms with van der Waals surface area (Å²) in [6, 6.07) is 12.2. The van der Waals surface area contributed by atoms with Gasteiger partial charge in [0.05, 0.1) is 20.3 Å². The number of ether oxygens (including phenoxy) is 3. The molecule has 3 N–H and O–H groups in total. The lowest BCUT2D eigenvalue weighted by Crippen LogP contribution is -2.65. The molecule has 0 bridgehead atoms. The molecule has 1 atom stereocenters. The van der Waals surface area contributed by atoms with Crippen LogP contribution in [0.1, 0.15) is 45.1 Å². The number of carbonyl (C=O) groups excluding carboxylic acids is 1. The van der Waals surface area contributed by atoms with Gasteiger partial charge in [-0.25, -0.2) is 0 Å². The number of nitrogens with two attached hydrogens (primary N) is 1. The summed E-state index contributed by atoms with van der Waals surface area (Å²) in [6.45, 7) is 6.73. The standard InChI is InChI=1S/C23H32N2O4/c1-5-11-23(24,21(26)25-15(2)3)22-28-13-17(14-29-22)19-8-6-7-16-12-18(27-4)9-10-20(16)19/h6-10,12,15,17,22H,5,11,13-14,24H2,1-4H3,(H,25,26). The Hall–Kier alpha value is -2.15. The van der Waals surface area contributed by atoms with E-state index >= 15 is 0 Å². The summed E-state index contributed by atoms with van der Waals surface area (Å²) in [7, 11) is 1.67. The van der Waals surface area contributed by atoms with Gasteiger partial charge in [-0.3, -0.25) is 4.79 Å². The maximum Gasteiger partial charge on any atom is 0.245 e. The minimum absolute atomic E-state index is 0.00583. The van der Waals surface area contributed by atoms with Crippen LogP contribution in [-0.4, -0.2) is 44.1 Å². The van der Waals surface area contributed by atoms with Crippen LogP contribution in [0.15, 0.2) is 36.4 Å². The Morgan fingerprint density at radius 1 is 1.28 bits per heavy atom. The quantitative estimate of drug-likeness (QED) is 0.745. The van der Waals surface area contributed by atoms with E-state index in [9.17, 15) is 4.79 Å². The first-order valence-electron chi connectivity index (χ1n) is 10.3. The van der Waals surface area contributed by atoms with E-state index in [-0.39, 0.29) is 17.9 Å². The molecule has 2 aromatic rings. The van der Waals surface area contributed by atoms with Crippen LogP contribution >= 0.6 is 0 Å². The maximum atomic E-state index is 12.7. The predicted molar refractivity (Wildman–Crippen MR) is 114 cm³/mol. The number of nitrogens with one attached hydrogen (secondary N) is 1. The molecule has 158 valence electrons. The van der Waals surface area contributed by atoms with E-state index in [1.807, 2.05) is 39.0 Å². The number of carbonyl (C=O) groups is 1. The van der Waals surface area contributed by atoms with Gasteiger partial charge < -0.3 is 25.3 Å². The smallest absolute Gasteiger partial charge is 0.245 e. The highest BCUT2D eigenvalue weighted by Gasteiger charge is 2.45. The number of fused-ring (bicyclic) bond motifs is 1. The van der Waals surface area contributed by atoms with Crippen molar-refractivity contribution in [2.45, 2.75) is 57.4 Å². The van der Waals surface area contributed by atoms with Gasteiger partial charge in [-0.15, -0.1) is 0 Å². The first-order chi connectivity index (χ1) is 13.9. The SMILES string of the molecule is CCCC(N)(C(=O)NC(C)C)C1OCC(c2cccc3cc(OC)ccc23)CO1. The van der Waals surface area contributed by atoms with E-state index in [1.165, 1.54) is 0 Å². The Labute approximate surface area is 172 Å². The second-order valence-electron chi connectivity index (χ2n) is 8.05. The van der Waals surface area contributed by atoms with Crippen LogP contribution in [0.4, 0.5) is 0 Å². The van der Waals surface area contributed by atoms with Gasteiger partial charge in [0.1, 0.15) is 11.3 Å². The molecule has 0 aromatic heterocycles. The Kier molecular flexibility index (Phi) is 6.77. The monoisotopic (exact) mass is 400 g/mol. The largest absolute Gasteiger partial charge is 0.497 e. The second kappa shape index (κ2) is 9.11. The van der Waals surface area contributed by atoms with Crippen LogP contribution in [0.3, 0.4) is 0 Å². The van der Waals surface area contributed by atoms with E-state index in [1.54, 1.807) is 7.11 Å². The van der Waals surface area contributed by atoms with Crippen molar-refractivity contribution in [1.29, 1.82) is 0 Å². The molecule has 0 aliphatic carbocycles. The molecule has 3 rings (SSSR count). The first kappa shape index (κ1) is 21.6. The third-order valence-electron chi connectivity index (χ3n) is 5.39. The average molecular weight is 401 g/mol. The van der Waals surface area contributed by atoms with Crippen LogP contribution in [0.2, 0.25) is 0 Å². The van der Waals surface area contributed by atoms with Gasteiger partial charge in [-0.1, -0.05) is 37.6 Å². The van der Waals surface area contributed by atoms with E-state index in [0.717, 1.165) is 28.5 Å². The fraction of sp³-hybridized carbons (Fsp3) is 0.522. The molecule has 0 radical (unpaired) electrons. The molecular weight excluding hydrogens is 368 g/mol. The Balaban J connectivity index is 1.77. The number of hydrogen-bond donors (Lipinski definition) is 2. The molecule has 2 aromatic carbocycles. The minimum atomic E-state index is -1.20. The lowest BCUT2D eigenvalue weighted by atomic mass is 9.90. The molecule has 6 heteroatoms. The van der Waals surface area contributed by atoms with Gasteiger partial charge in [-0.05, 0) is 48.7 Å². The highest BCUT2D eigenvalue weighted by Crippen LogP contribution is 2.33. The van der Waals surface area contributed by atoms with Crippen LogP contribution in [0.25, 0.3) is 10.8 Å². The van der Waals surface area contributed by atoms with Gasteiger partial charge >= 0.3 is 0 Å². The van der Waals surface area contributed by atoms with E-state index in [0.29, 0.717) is 19.6 Å². The van der Waals surface area contributed by atoms with Crippen LogP contribution in [0.5, 0.6) is 5.75 Å². The number of amides is 1. The van der Waals surface area contributed by atoms with Crippen molar-refractivity contribution in [3.05, 3.63) is 42.0 Å². The first-order valence-corrected chi connectivity index (χ1v) is 10.3. The summed E-state index contributed by atoms with van der Waals surface area (Å²) in [5.74, 6) is 0.673. The molecule has 0 saturated carbocycles. The predicted octanol–water partition coefficient (Wildman–Crippen LogP) is 3.33. The Bertz CT molecular complexity index is 846. The zero-order valence-electron chi connectivity index (χ0n) is 17.7. The molecule has 1 saturated heterocycles. The van der Waals surface area contributed by atoms with Crippen LogP contribution < -0.4 is 15.8 Å². The summed E-state index contributed by atoms with van der Waals surface area (Å²) in [4.78, 5) is 12.7. The zero-order valence-corrected chi connectivity index (χ0v) is 17.7. The van der Waals surface area contributed by atoms with Crippen molar-refractivity contribution in [2.75, 3.05) is 20.3 Å². The van der Waals surface area contributed by atoms with Crippen molar-refractivity contribution in [3.8, 4) is 5.75 Å². The molecule has 1 aliphatic heterocycles. The molecule has 1 fully saturated rings. The van der Waals surface area contributed by atoms with Gasteiger partial charge in [-0.2, -0.15) is 0 Å². The summed E-state index contributed by atoms with van der Waals surface area (Å²) in [5, 5.41) is 5.17. The maximum absolute atomic E-state index is 12.7. The number of methoxy groups -OCH3 is 1. The van der Waals surface area contributed by atoms with Crippen LogP contribution in [0, 0.1) is 0 Å². The van der Waals surface area contributed by atoms with Crippen molar-refractivity contribution in [2.24, 2.45) is 5.73 Å². The highest BCUT2D eigenvalue weighted by atomic mass is 16.7. The van der Waals surface area contributed by atoms with Gasteiger partial charge in [0.2, 0.25) is 5.91 Å². The van der Waals surface area contributed by atoms with Gasteiger partial charge in [0, 0.05) is 12.0 Å². The van der Waals surface area contributed by atoms with E-state index in [4.69, 9.17) is 19.9 Å². The summed E-state index contributed by atoms with van der Waals surface area (Å²) >= 11 is 0. The lowest BCUT2D eigenvalue weighted by Gasteiger charge is -2.40. The van der Waals surface area contributed by atoms with Crippen molar-refractivity contribution in [1.82, 2.24) is 5.32 Å². The van der Waals surface area contributed by atoms with Crippen molar-refractivity contribution < 1.29 is 19.0 Å². The third-order valence-corrected chi connectivity index (χ3v) is 5.39. The summed E-state index contributed by atoms with van der Waals surface area (Å²) in [6.07, 6.45) is 0.502. The molecular formula is C23H32N2O4. The summed E-state index contributed by atoms with van der Waals surface area (Å²) in [5.41, 5.74) is 6.47. The zero-order chi connectivity index (χ0) is 21.0. The average Bonchev–Trinajstić information content (AvgIpc) is 2.72. The van der Waals surface area contributed by atoms with Gasteiger partial charge in [0.25, 0.3) is 0 Å². The second-order valence-corrected chi connectivity index (χ2v) is 8.05. The normalized spacial score (nSPS) is 21.7. The van der Waals surface area contributed by atoms with E-state index < -0.39 is 11.8 Å². The Morgan fingerprint density at radius 2 is 2.00 bits per heavy atom. The molecule has 1 unspecified atom stereocenters. The molecule has 1 heterocycles. The lowest BCUT2D eigenvalue weighted by molar-refractivity contribution is -0.219. The third kappa shape index (κ3) is 4.55. The molecule has 0 spiro atoms. The number of hydrogen-bond acceptors (Lipinski definition) is 5. The topological polar surface area (TPSA) is 82.8 Å². The number of rotatable bonds is 7. The molecule has 1 aliphatic rings. The molecule has 6 nitrogen and oxygen atoms in total. The van der Waals surface area contributed by atoms with Crippen LogP contribution in [-0.2, 0) is 14.3 Å². The van der Waals surface area contributed by atoms with E-state index in [2.05, 4.69) is 23.5 Å². The molecule has 1 amide bonds. The molecule has 29 heavy (non-hydrogen) atoms. The minimum Gasteiger partial charge on any atom is -0.497 e. The number of benzene rings is 2. The Morgan fingerprint density at radius 3 is 2.62 bits per heavy atom. The summed E-state index contributed by atoms with van der Waals surface area (Å²) < 4.78 is 17.4. The van der Waals surface area contributed by atoms with Gasteiger partial charge in [0.15, 0.2) is 6.29 Å². The highest BCUT2D eigenvalue weighted by molar-refractivity contribution is 5.88.